The van der Waals surface area contributed by atoms with Crippen LogP contribution in [-0.2, 0) is 16.6 Å². The lowest BCUT2D eigenvalue weighted by molar-refractivity contribution is 0.102. The van der Waals surface area contributed by atoms with Crippen LogP contribution < -0.4 is 5.32 Å². The number of anilines is 1. The normalized spacial score (nSPS) is 19.0. The van der Waals surface area contributed by atoms with E-state index >= 15 is 0 Å². The molecule has 0 unspecified atom stereocenters. The molecule has 2 fully saturated rings. The molecule has 2 aliphatic rings. The first-order valence-corrected chi connectivity index (χ1v) is 13.1. The van der Waals surface area contributed by atoms with Crippen molar-refractivity contribution in [1.82, 2.24) is 9.21 Å². The van der Waals surface area contributed by atoms with E-state index in [9.17, 15) is 13.2 Å². The number of carbonyl (C=O) groups excluding carboxylic acids is 1. The molecule has 32 heavy (non-hydrogen) atoms. The molecule has 2 aromatic rings. The largest absolute Gasteiger partial charge is 0.322 e. The maximum Gasteiger partial charge on any atom is 0.255 e. The first-order valence-electron chi connectivity index (χ1n) is 11.6. The number of carbonyl (C=O) groups is 1. The van der Waals surface area contributed by atoms with Crippen LogP contribution in [0.15, 0.2) is 53.4 Å². The number of hydrogen-bond acceptors (Lipinski definition) is 4. The van der Waals surface area contributed by atoms with Gasteiger partial charge in [-0.15, -0.1) is 0 Å². The van der Waals surface area contributed by atoms with Crippen molar-refractivity contribution in [3.8, 4) is 0 Å². The van der Waals surface area contributed by atoms with E-state index in [1.54, 1.807) is 28.6 Å². The fraction of sp³-hybridized carbons (Fsp3) is 0.480. The summed E-state index contributed by atoms with van der Waals surface area (Å²) in [7, 11) is -3.46. The highest BCUT2D eigenvalue weighted by atomic mass is 32.2. The van der Waals surface area contributed by atoms with Gasteiger partial charge in [-0.3, -0.25) is 9.69 Å². The van der Waals surface area contributed by atoms with Gasteiger partial charge in [0.05, 0.1) is 4.90 Å². The Labute approximate surface area is 191 Å². The molecule has 4 rings (SSSR count). The number of likely N-dealkylation sites (tertiary alicyclic amines) is 1. The Morgan fingerprint density at radius 2 is 1.53 bits per heavy atom. The molecule has 2 aromatic carbocycles. The average molecular weight is 456 g/mol. The molecule has 0 radical (unpaired) electrons. The number of sulfonamides is 1. The van der Waals surface area contributed by atoms with Gasteiger partial charge in [0, 0.05) is 30.9 Å². The second-order valence-electron chi connectivity index (χ2n) is 9.10. The standard InChI is InChI=1S/C25H33N3O3S/c1-20-13-17-27(18-14-20)19-21-5-7-22(8-6-21)25(29)26-23-9-11-24(12-10-23)32(30,31)28-15-3-2-4-16-28/h5-12,20H,2-4,13-19H2,1H3,(H,26,29). The lowest BCUT2D eigenvalue weighted by atomic mass is 9.99. The summed E-state index contributed by atoms with van der Waals surface area (Å²) in [5.41, 5.74) is 2.38. The van der Waals surface area contributed by atoms with E-state index in [-0.39, 0.29) is 10.8 Å². The number of rotatable bonds is 6. The summed E-state index contributed by atoms with van der Waals surface area (Å²) in [6.45, 7) is 6.65. The van der Waals surface area contributed by atoms with Gasteiger partial charge >= 0.3 is 0 Å². The van der Waals surface area contributed by atoms with Gasteiger partial charge in [0.1, 0.15) is 0 Å². The van der Waals surface area contributed by atoms with Crippen LogP contribution in [0.2, 0.25) is 0 Å². The smallest absolute Gasteiger partial charge is 0.255 e. The van der Waals surface area contributed by atoms with Crippen molar-refractivity contribution in [3.05, 3.63) is 59.7 Å². The predicted molar refractivity (Wildman–Crippen MR) is 127 cm³/mol. The molecule has 2 heterocycles. The fourth-order valence-corrected chi connectivity index (χ4v) is 5.92. The fourth-order valence-electron chi connectivity index (χ4n) is 4.41. The minimum absolute atomic E-state index is 0.199. The average Bonchev–Trinajstić information content (AvgIpc) is 2.82. The molecule has 6 nitrogen and oxygen atoms in total. The van der Waals surface area contributed by atoms with Crippen LogP contribution >= 0.6 is 0 Å². The third kappa shape index (κ3) is 5.57. The summed E-state index contributed by atoms with van der Waals surface area (Å²) < 4.78 is 27.1. The summed E-state index contributed by atoms with van der Waals surface area (Å²) >= 11 is 0. The van der Waals surface area contributed by atoms with Crippen molar-refractivity contribution >= 4 is 21.6 Å². The van der Waals surface area contributed by atoms with Gasteiger partial charge in [-0.05, 0) is 86.7 Å². The Bertz CT molecular complexity index is 1010. The van der Waals surface area contributed by atoms with Gasteiger partial charge < -0.3 is 5.32 Å². The molecule has 172 valence electrons. The number of nitrogens with one attached hydrogen (secondary N) is 1. The van der Waals surface area contributed by atoms with Crippen molar-refractivity contribution in [2.24, 2.45) is 5.92 Å². The first kappa shape index (κ1) is 23.0. The zero-order valence-electron chi connectivity index (χ0n) is 18.8. The molecule has 0 bridgehead atoms. The molecule has 1 amide bonds. The summed E-state index contributed by atoms with van der Waals surface area (Å²) in [4.78, 5) is 15.4. The first-order chi connectivity index (χ1) is 15.4. The zero-order valence-corrected chi connectivity index (χ0v) is 19.6. The highest BCUT2D eigenvalue weighted by Gasteiger charge is 2.25. The van der Waals surface area contributed by atoms with E-state index in [1.165, 1.54) is 18.4 Å². The van der Waals surface area contributed by atoms with Gasteiger partial charge in [0.25, 0.3) is 5.91 Å². The van der Waals surface area contributed by atoms with Crippen LogP contribution in [-0.4, -0.2) is 49.7 Å². The molecule has 0 spiro atoms. The van der Waals surface area contributed by atoms with E-state index in [2.05, 4.69) is 17.1 Å². The second-order valence-corrected chi connectivity index (χ2v) is 11.0. The summed E-state index contributed by atoms with van der Waals surface area (Å²) in [6.07, 6.45) is 5.39. The highest BCUT2D eigenvalue weighted by Crippen LogP contribution is 2.22. The Balaban J connectivity index is 1.34. The third-order valence-corrected chi connectivity index (χ3v) is 8.48. The van der Waals surface area contributed by atoms with Crippen LogP contribution in [0, 0.1) is 5.92 Å². The Morgan fingerprint density at radius 3 is 2.16 bits per heavy atom. The van der Waals surface area contributed by atoms with Crippen LogP contribution in [0.25, 0.3) is 0 Å². The van der Waals surface area contributed by atoms with Gasteiger partial charge in [-0.2, -0.15) is 4.31 Å². The molecule has 0 aliphatic carbocycles. The number of piperidine rings is 2. The summed E-state index contributed by atoms with van der Waals surface area (Å²) in [5.74, 6) is 0.617. The molecule has 0 atom stereocenters. The van der Waals surface area contributed by atoms with Crippen molar-refractivity contribution in [2.45, 2.75) is 50.5 Å². The Kier molecular flexibility index (Phi) is 7.28. The predicted octanol–water partition coefficient (Wildman–Crippen LogP) is 4.35. The maximum absolute atomic E-state index is 12.8. The van der Waals surface area contributed by atoms with Gasteiger partial charge in [-0.1, -0.05) is 25.5 Å². The van der Waals surface area contributed by atoms with E-state index in [4.69, 9.17) is 0 Å². The van der Waals surface area contributed by atoms with Crippen LogP contribution in [0.1, 0.15) is 54.9 Å². The number of hydrogen-bond donors (Lipinski definition) is 1. The second kappa shape index (κ2) is 10.1. The molecule has 0 aromatic heterocycles. The topological polar surface area (TPSA) is 69.7 Å². The van der Waals surface area contributed by atoms with Crippen molar-refractivity contribution in [3.63, 3.8) is 0 Å². The highest BCUT2D eigenvalue weighted by molar-refractivity contribution is 7.89. The van der Waals surface area contributed by atoms with E-state index < -0.39 is 10.0 Å². The molecular formula is C25H33N3O3S. The quantitative estimate of drug-likeness (QED) is 0.703. The molecule has 7 heteroatoms. The molecule has 2 aliphatic heterocycles. The van der Waals surface area contributed by atoms with E-state index in [0.717, 1.165) is 44.8 Å². The van der Waals surface area contributed by atoms with Crippen molar-refractivity contribution < 1.29 is 13.2 Å². The number of nitrogens with zero attached hydrogens (tertiary/aromatic N) is 2. The number of benzene rings is 2. The Morgan fingerprint density at radius 1 is 0.906 bits per heavy atom. The molecule has 1 N–H and O–H groups in total. The minimum Gasteiger partial charge on any atom is -0.322 e. The Hall–Kier alpha value is -2.22. The molecular weight excluding hydrogens is 422 g/mol. The van der Waals surface area contributed by atoms with Crippen LogP contribution in [0.5, 0.6) is 0 Å². The minimum atomic E-state index is -3.46. The van der Waals surface area contributed by atoms with Crippen LogP contribution in [0.4, 0.5) is 5.69 Å². The monoisotopic (exact) mass is 455 g/mol. The molecule has 0 saturated carbocycles. The van der Waals surface area contributed by atoms with Gasteiger partial charge in [0.15, 0.2) is 0 Å². The lowest BCUT2D eigenvalue weighted by Gasteiger charge is -2.30. The summed E-state index contributed by atoms with van der Waals surface area (Å²) in [6, 6.07) is 14.2. The maximum atomic E-state index is 12.8. The lowest BCUT2D eigenvalue weighted by Crippen LogP contribution is -2.35. The molecule has 2 saturated heterocycles. The van der Waals surface area contributed by atoms with E-state index in [1.807, 2.05) is 24.3 Å². The van der Waals surface area contributed by atoms with Crippen molar-refractivity contribution in [1.29, 1.82) is 0 Å². The zero-order chi connectivity index (χ0) is 22.6. The SMILES string of the molecule is CC1CCN(Cc2ccc(C(=O)Nc3ccc(S(=O)(=O)N4CCCCC4)cc3)cc2)CC1. The van der Waals surface area contributed by atoms with Crippen molar-refractivity contribution in [2.75, 3.05) is 31.5 Å². The van der Waals surface area contributed by atoms with Gasteiger partial charge in [0.2, 0.25) is 10.0 Å². The summed E-state index contributed by atoms with van der Waals surface area (Å²) in [5, 5.41) is 2.86. The number of amides is 1. The third-order valence-electron chi connectivity index (χ3n) is 6.56. The van der Waals surface area contributed by atoms with E-state index in [0.29, 0.717) is 24.3 Å². The van der Waals surface area contributed by atoms with Gasteiger partial charge in [-0.25, -0.2) is 8.42 Å². The van der Waals surface area contributed by atoms with Crippen LogP contribution in [0.3, 0.4) is 0 Å².